The van der Waals surface area contributed by atoms with Crippen molar-refractivity contribution in [3.63, 3.8) is 0 Å². The third-order valence-electron chi connectivity index (χ3n) is 5.04. The quantitative estimate of drug-likeness (QED) is 0.436. The molecule has 2 fully saturated rings. The lowest BCUT2D eigenvalue weighted by Crippen LogP contribution is -2.30. The Bertz CT molecular complexity index is 835. The van der Waals surface area contributed by atoms with Gasteiger partial charge in [-0.25, -0.2) is 15.0 Å². The number of pyridine rings is 1. The summed E-state index contributed by atoms with van der Waals surface area (Å²) >= 11 is 0. The second kappa shape index (κ2) is 19.4. The van der Waals surface area contributed by atoms with Crippen molar-refractivity contribution in [2.24, 2.45) is 5.41 Å². The molecule has 2 aromatic heterocycles. The first kappa shape index (κ1) is 34.3. The molecule has 0 aromatic carbocycles. The average molecular weight is 515 g/mol. The normalized spacial score (nSPS) is 13.5. The summed E-state index contributed by atoms with van der Waals surface area (Å²) < 4.78 is 0. The maximum absolute atomic E-state index is 9.83. The Balaban J connectivity index is 0.000000505. The molecule has 0 radical (unpaired) electrons. The van der Waals surface area contributed by atoms with E-state index >= 15 is 0 Å². The molecular formula is C30H54N6O. The fourth-order valence-electron chi connectivity index (χ4n) is 2.80. The van der Waals surface area contributed by atoms with Crippen molar-refractivity contribution in [1.82, 2.24) is 15.0 Å². The molecule has 3 heterocycles. The number of piperidine rings is 1. The monoisotopic (exact) mass is 514 g/mol. The molecule has 1 N–H and O–H groups in total. The Labute approximate surface area is 227 Å². The number of nitrogens with zero attached hydrogens (tertiary/aromatic N) is 5. The minimum Gasteiger partial charge on any atom is -0.376 e. The third-order valence-corrected chi connectivity index (χ3v) is 5.04. The van der Waals surface area contributed by atoms with E-state index in [1.165, 1.54) is 44.1 Å². The third kappa shape index (κ3) is 17.4. The summed E-state index contributed by atoms with van der Waals surface area (Å²) in [6, 6.07) is 2.13. The molecule has 1 saturated heterocycles. The molecule has 210 valence electrons. The first-order valence-corrected chi connectivity index (χ1v) is 13.9. The van der Waals surface area contributed by atoms with Crippen molar-refractivity contribution >= 4 is 23.7 Å². The zero-order valence-electron chi connectivity index (χ0n) is 25.4. The molecule has 7 heteroatoms. The summed E-state index contributed by atoms with van der Waals surface area (Å²) in [7, 11) is 4.03. The van der Waals surface area contributed by atoms with Crippen molar-refractivity contribution in [3.8, 4) is 0 Å². The van der Waals surface area contributed by atoms with Crippen molar-refractivity contribution in [2.75, 3.05) is 48.8 Å². The van der Waals surface area contributed by atoms with Gasteiger partial charge in [0.2, 0.25) is 5.95 Å². The van der Waals surface area contributed by atoms with E-state index in [0.717, 1.165) is 48.9 Å². The molecule has 0 amide bonds. The van der Waals surface area contributed by atoms with E-state index in [-0.39, 0.29) is 5.41 Å². The Morgan fingerprint density at radius 1 is 0.919 bits per heavy atom. The van der Waals surface area contributed by atoms with Gasteiger partial charge in [0.1, 0.15) is 12.1 Å². The number of carbonyl (C=O) groups excluding carboxylic acids is 1. The lowest BCUT2D eigenvalue weighted by molar-refractivity contribution is -0.113. The number of aromatic nitrogens is 3. The summed E-state index contributed by atoms with van der Waals surface area (Å²) in [6.07, 6.45) is 15.0. The van der Waals surface area contributed by atoms with Gasteiger partial charge in [0.05, 0.1) is 11.9 Å². The topological polar surface area (TPSA) is 74.2 Å². The van der Waals surface area contributed by atoms with Gasteiger partial charge in [-0.3, -0.25) is 0 Å². The maximum atomic E-state index is 9.83. The summed E-state index contributed by atoms with van der Waals surface area (Å²) in [5, 5.41) is 3.21. The standard InChI is InChI=1S/C10H15N3.C10H17N3.C5H10O.C3H6.C2H6/c1-9-7-11-10(12-8-9)13-5-3-2-4-6-13;1-5-11-10-8(2)6-9(7-12-10)13(3)4;1-5(2,3)4-6;1-2-3-1;1-2/h7-8H,2-6H2,1H3;6-7H,5H2,1-4H3,(H,11,12);4H,1-3H3;1-3H2;1-2H3. The zero-order chi connectivity index (χ0) is 28.3. The second-order valence-electron chi connectivity index (χ2n) is 10.4. The van der Waals surface area contributed by atoms with E-state index < -0.39 is 0 Å². The second-order valence-corrected chi connectivity index (χ2v) is 10.4. The zero-order valence-corrected chi connectivity index (χ0v) is 25.4. The molecule has 1 aliphatic carbocycles. The molecule has 0 atom stereocenters. The number of hydrogen-bond donors (Lipinski definition) is 1. The molecule has 1 aliphatic heterocycles. The molecule has 2 aliphatic rings. The molecule has 4 rings (SSSR count). The highest BCUT2D eigenvalue weighted by atomic mass is 16.1. The number of rotatable bonds is 4. The number of nitrogens with one attached hydrogen (secondary N) is 1. The van der Waals surface area contributed by atoms with Crippen LogP contribution in [0.25, 0.3) is 0 Å². The van der Waals surface area contributed by atoms with Crippen LogP contribution in [0.4, 0.5) is 17.5 Å². The van der Waals surface area contributed by atoms with Crippen LogP contribution in [0.1, 0.15) is 91.2 Å². The molecule has 37 heavy (non-hydrogen) atoms. The van der Waals surface area contributed by atoms with Crippen molar-refractivity contribution < 1.29 is 4.79 Å². The Morgan fingerprint density at radius 2 is 1.41 bits per heavy atom. The highest BCUT2D eigenvalue weighted by Crippen LogP contribution is 2.18. The first-order valence-electron chi connectivity index (χ1n) is 13.9. The van der Waals surface area contributed by atoms with E-state index in [1.807, 2.05) is 74.2 Å². The minimum atomic E-state index is -0.139. The van der Waals surface area contributed by atoms with Gasteiger partial charge in [0, 0.05) is 51.5 Å². The SMILES string of the molecule is C1CC1.CC.CC(C)(C)C=O.CCNc1ncc(N(C)C)cc1C.Cc1cnc(N2CCCCC2)nc1. The van der Waals surface area contributed by atoms with Crippen LogP contribution >= 0.6 is 0 Å². The molecule has 0 bridgehead atoms. The van der Waals surface area contributed by atoms with Crippen LogP contribution in [0, 0.1) is 19.3 Å². The number of anilines is 3. The van der Waals surface area contributed by atoms with Gasteiger partial charge in [0.25, 0.3) is 0 Å². The van der Waals surface area contributed by atoms with Gasteiger partial charge in [-0.15, -0.1) is 0 Å². The van der Waals surface area contributed by atoms with Crippen LogP contribution in [0.5, 0.6) is 0 Å². The van der Waals surface area contributed by atoms with Crippen LogP contribution in [0.15, 0.2) is 24.7 Å². The van der Waals surface area contributed by atoms with Gasteiger partial charge >= 0.3 is 0 Å². The molecule has 0 unspecified atom stereocenters. The van der Waals surface area contributed by atoms with Crippen LogP contribution < -0.4 is 15.1 Å². The van der Waals surface area contributed by atoms with Crippen molar-refractivity contribution in [1.29, 1.82) is 0 Å². The lowest BCUT2D eigenvalue weighted by Gasteiger charge is -2.26. The van der Waals surface area contributed by atoms with Crippen molar-refractivity contribution in [2.45, 2.75) is 93.9 Å². The predicted octanol–water partition coefficient (Wildman–Crippen LogP) is 7.09. The lowest BCUT2D eigenvalue weighted by atomic mass is 10.0. The molecule has 0 spiro atoms. The van der Waals surface area contributed by atoms with Gasteiger partial charge in [-0.2, -0.15) is 0 Å². The summed E-state index contributed by atoms with van der Waals surface area (Å²) in [6.45, 7) is 18.9. The van der Waals surface area contributed by atoms with Gasteiger partial charge < -0.3 is 19.9 Å². The largest absolute Gasteiger partial charge is 0.376 e. The molecule has 1 saturated carbocycles. The van der Waals surface area contributed by atoms with E-state index in [9.17, 15) is 4.79 Å². The first-order chi connectivity index (χ1) is 17.6. The maximum Gasteiger partial charge on any atom is 0.225 e. The summed E-state index contributed by atoms with van der Waals surface area (Å²) in [5.74, 6) is 1.87. The molecular weight excluding hydrogens is 460 g/mol. The average Bonchev–Trinajstić information content (AvgIpc) is 3.78. The van der Waals surface area contributed by atoms with Crippen LogP contribution in [-0.4, -0.2) is 55.0 Å². The Morgan fingerprint density at radius 3 is 1.78 bits per heavy atom. The van der Waals surface area contributed by atoms with Crippen molar-refractivity contribution in [3.05, 3.63) is 35.8 Å². The molecule has 2 aromatic rings. The predicted molar refractivity (Wildman–Crippen MR) is 161 cm³/mol. The van der Waals surface area contributed by atoms with Gasteiger partial charge in [-0.05, 0) is 57.2 Å². The Hall–Kier alpha value is -2.70. The fraction of sp³-hybridized carbons (Fsp3) is 0.667. The van der Waals surface area contributed by atoms with Crippen LogP contribution in [-0.2, 0) is 4.79 Å². The highest BCUT2D eigenvalue weighted by Gasteiger charge is 2.12. The number of carbonyl (C=O) groups is 1. The number of aryl methyl sites for hydroxylation is 2. The van der Waals surface area contributed by atoms with Crippen LogP contribution in [0.3, 0.4) is 0 Å². The Kier molecular flexibility index (Phi) is 18.0. The van der Waals surface area contributed by atoms with Gasteiger partial charge in [-0.1, -0.05) is 53.9 Å². The number of hydrogen-bond acceptors (Lipinski definition) is 7. The molecule has 7 nitrogen and oxygen atoms in total. The smallest absolute Gasteiger partial charge is 0.225 e. The summed E-state index contributed by atoms with van der Waals surface area (Å²) in [5.41, 5.74) is 3.31. The van der Waals surface area contributed by atoms with Crippen LogP contribution in [0.2, 0.25) is 0 Å². The highest BCUT2D eigenvalue weighted by molar-refractivity contribution is 5.56. The van der Waals surface area contributed by atoms with E-state index in [0.29, 0.717) is 0 Å². The summed E-state index contributed by atoms with van der Waals surface area (Å²) in [4.78, 5) is 27.1. The van der Waals surface area contributed by atoms with E-state index in [4.69, 9.17) is 0 Å². The van der Waals surface area contributed by atoms with E-state index in [2.05, 4.69) is 50.0 Å². The van der Waals surface area contributed by atoms with Gasteiger partial charge in [0.15, 0.2) is 0 Å². The fourth-order valence-corrected chi connectivity index (χ4v) is 2.80. The number of aldehydes is 1. The van der Waals surface area contributed by atoms with E-state index in [1.54, 1.807) is 0 Å². The minimum absolute atomic E-state index is 0.139.